The molecule has 182 valence electrons. The SMILES string of the molecule is CCCCC1=CC(=O)C=C2CC[C@@H]3[C@H](C(O)C[C@@]4(C)[C@H]3CC[C@]4(O)C(=O)COC(C)=O)[C@@]12C. The van der Waals surface area contributed by atoms with Crippen LogP contribution < -0.4 is 0 Å². The van der Waals surface area contributed by atoms with Crippen LogP contribution in [0.25, 0.3) is 0 Å². The minimum atomic E-state index is -1.61. The monoisotopic (exact) mass is 458 g/mol. The smallest absolute Gasteiger partial charge is 0.303 e. The molecule has 0 amide bonds. The highest BCUT2D eigenvalue weighted by molar-refractivity contribution is 6.02. The molecule has 0 radical (unpaired) electrons. The molecule has 0 aliphatic heterocycles. The number of unbranched alkanes of at least 4 members (excludes halogenated alkanes) is 1. The summed E-state index contributed by atoms with van der Waals surface area (Å²) in [5.41, 5.74) is -0.498. The van der Waals surface area contributed by atoms with Crippen molar-refractivity contribution in [3.63, 3.8) is 0 Å². The first kappa shape index (κ1) is 24.3. The Morgan fingerprint density at radius 2 is 1.94 bits per heavy atom. The summed E-state index contributed by atoms with van der Waals surface area (Å²) in [6.45, 7) is 7.08. The molecular formula is C27H38O6. The molecule has 1 unspecified atom stereocenters. The maximum absolute atomic E-state index is 13.0. The topological polar surface area (TPSA) is 101 Å². The minimum absolute atomic E-state index is 0.0438. The largest absolute Gasteiger partial charge is 0.458 e. The Balaban J connectivity index is 1.69. The first-order valence-electron chi connectivity index (χ1n) is 12.5. The van der Waals surface area contributed by atoms with E-state index in [2.05, 4.69) is 13.8 Å². The highest BCUT2D eigenvalue weighted by Gasteiger charge is 2.68. The Labute approximate surface area is 196 Å². The molecule has 3 saturated carbocycles. The molecule has 0 aromatic rings. The van der Waals surface area contributed by atoms with Crippen LogP contribution in [0.2, 0.25) is 0 Å². The fraction of sp³-hybridized carbons (Fsp3) is 0.741. The number of aliphatic hydroxyl groups is 2. The van der Waals surface area contributed by atoms with Crippen LogP contribution in [0.4, 0.5) is 0 Å². The van der Waals surface area contributed by atoms with Crippen molar-refractivity contribution in [1.29, 1.82) is 0 Å². The van der Waals surface area contributed by atoms with Crippen LogP contribution in [0.15, 0.2) is 23.3 Å². The number of hydrogen-bond acceptors (Lipinski definition) is 6. The normalized spacial score (nSPS) is 41.9. The van der Waals surface area contributed by atoms with Crippen molar-refractivity contribution in [2.75, 3.05) is 6.61 Å². The third-order valence-corrected chi connectivity index (χ3v) is 9.65. The second-order valence-electron chi connectivity index (χ2n) is 11.2. The van der Waals surface area contributed by atoms with Crippen LogP contribution in [0.1, 0.15) is 79.1 Å². The number of esters is 1. The maximum Gasteiger partial charge on any atom is 0.303 e. The van der Waals surface area contributed by atoms with Gasteiger partial charge < -0.3 is 14.9 Å². The van der Waals surface area contributed by atoms with Crippen molar-refractivity contribution in [2.45, 2.75) is 90.8 Å². The van der Waals surface area contributed by atoms with Gasteiger partial charge in [0.25, 0.3) is 0 Å². The number of carbonyl (C=O) groups excluding carboxylic acids is 3. The van der Waals surface area contributed by atoms with E-state index >= 15 is 0 Å². The highest BCUT2D eigenvalue weighted by Crippen LogP contribution is 2.68. The summed E-state index contributed by atoms with van der Waals surface area (Å²) in [7, 11) is 0. The summed E-state index contributed by atoms with van der Waals surface area (Å²) >= 11 is 0. The van der Waals surface area contributed by atoms with Crippen LogP contribution >= 0.6 is 0 Å². The van der Waals surface area contributed by atoms with Gasteiger partial charge in [-0.15, -0.1) is 0 Å². The third-order valence-electron chi connectivity index (χ3n) is 9.65. The molecule has 6 heteroatoms. The van der Waals surface area contributed by atoms with E-state index in [1.54, 1.807) is 12.2 Å². The van der Waals surface area contributed by atoms with E-state index in [4.69, 9.17) is 4.74 Å². The maximum atomic E-state index is 13.0. The first-order chi connectivity index (χ1) is 15.5. The molecule has 0 aromatic heterocycles. The van der Waals surface area contributed by atoms with Gasteiger partial charge in [0.2, 0.25) is 5.78 Å². The van der Waals surface area contributed by atoms with Gasteiger partial charge in [-0.3, -0.25) is 14.4 Å². The van der Waals surface area contributed by atoms with Gasteiger partial charge in [0.1, 0.15) is 5.60 Å². The average molecular weight is 459 g/mol. The van der Waals surface area contributed by atoms with Crippen LogP contribution in [0.3, 0.4) is 0 Å². The Kier molecular flexibility index (Phi) is 6.24. The average Bonchev–Trinajstić information content (AvgIpc) is 3.02. The van der Waals surface area contributed by atoms with E-state index < -0.39 is 35.5 Å². The molecule has 33 heavy (non-hydrogen) atoms. The van der Waals surface area contributed by atoms with Crippen LogP contribution in [0, 0.1) is 28.6 Å². The zero-order chi connectivity index (χ0) is 24.2. The van der Waals surface area contributed by atoms with E-state index in [9.17, 15) is 24.6 Å². The predicted octanol–water partition coefficient (Wildman–Crippen LogP) is 3.69. The van der Waals surface area contributed by atoms with Gasteiger partial charge in [-0.05, 0) is 68.9 Å². The molecule has 4 aliphatic carbocycles. The van der Waals surface area contributed by atoms with E-state index in [1.165, 1.54) is 6.92 Å². The van der Waals surface area contributed by atoms with Gasteiger partial charge in [-0.1, -0.05) is 38.3 Å². The van der Waals surface area contributed by atoms with Crippen LogP contribution in [-0.2, 0) is 19.1 Å². The van der Waals surface area contributed by atoms with E-state index in [-0.39, 0.29) is 29.0 Å². The lowest BCUT2D eigenvalue weighted by atomic mass is 9.44. The van der Waals surface area contributed by atoms with Crippen molar-refractivity contribution >= 4 is 17.5 Å². The number of carbonyl (C=O) groups is 3. The molecule has 7 atom stereocenters. The number of fused-ring (bicyclic) bond motifs is 5. The van der Waals surface area contributed by atoms with Gasteiger partial charge in [-0.25, -0.2) is 0 Å². The third kappa shape index (κ3) is 3.56. The van der Waals surface area contributed by atoms with E-state index in [0.717, 1.165) is 43.3 Å². The van der Waals surface area contributed by atoms with Crippen molar-refractivity contribution in [1.82, 2.24) is 0 Å². The van der Waals surface area contributed by atoms with E-state index in [1.807, 2.05) is 6.92 Å². The number of allylic oxidation sites excluding steroid dienone is 4. The Bertz CT molecular complexity index is 918. The summed E-state index contributed by atoms with van der Waals surface area (Å²) < 4.78 is 4.93. The molecule has 0 aromatic carbocycles. The molecule has 0 saturated heterocycles. The highest BCUT2D eigenvalue weighted by atomic mass is 16.5. The zero-order valence-electron chi connectivity index (χ0n) is 20.4. The second-order valence-corrected chi connectivity index (χ2v) is 11.2. The molecule has 0 spiro atoms. The number of ether oxygens (including phenoxy) is 1. The Morgan fingerprint density at radius 1 is 1.21 bits per heavy atom. The number of rotatable bonds is 6. The lowest BCUT2D eigenvalue weighted by Crippen LogP contribution is -2.62. The van der Waals surface area contributed by atoms with Gasteiger partial charge >= 0.3 is 5.97 Å². The summed E-state index contributed by atoms with van der Waals surface area (Å²) in [4.78, 5) is 36.7. The fourth-order valence-corrected chi connectivity index (χ4v) is 7.99. The van der Waals surface area contributed by atoms with Crippen molar-refractivity contribution in [3.8, 4) is 0 Å². The second kappa shape index (κ2) is 8.46. The zero-order valence-corrected chi connectivity index (χ0v) is 20.4. The number of aliphatic hydroxyl groups excluding tert-OH is 1. The Hall–Kier alpha value is -1.79. The van der Waals surface area contributed by atoms with Gasteiger partial charge in [0.05, 0.1) is 6.10 Å². The fourth-order valence-electron chi connectivity index (χ4n) is 7.99. The minimum Gasteiger partial charge on any atom is -0.458 e. The van der Waals surface area contributed by atoms with Crippen LogP contribution in [-0.4, -0.2) is 46.1 Å². The van der Waals surface area contributed by atoms with Crippen molar-refractivity contribution < 1.29 is 29.3 Å². The molecule has 0 heterocycles. The molecule has 6 nitrogen and oxygen atoms in total. The molecular weight excluding hydrogens is 420 g/mol. The molecule has 4 aliphatic rings. The predicted molar refractivity (Wildman–Crippen MR) is 123 cm³/mol. The molecule has 2 N–H and O–H groups in total. The Morgan fingerprint density at radius 3 is 2.61 bits per heavy atom. The summed E-state index contributed by atoms with van der Waals surface area (Å²) in [5.74, 6) is -0.780. The summed E-state index contributed by atoms with van der Waals surface area (Å²) in [5, 5.41) is 23.2. The van der Waals surface area contributed by atoms with Gasteiger partial charge in [-0.2, -0.15) is 0 Å². The summed E-state index contributed by atoms with van der Waals surface area (Å²) in [6.07, 6.45) is 8.73. The van der Waals surface area contributed by atoms with Crippen molar-refractivity contribution in [3.05, 3.63) is 23.3 Å². The van der Waals surface area contributed by atoms with Gasteiger partial charge in [0, 0.05) is 23.7 Å². The number of Topliss-reactive ketones (excluding diaryl/α,β-unsaturated/α-hetero) is 1. The van der Waals surface area contributed by atoms with Crippen molar-refractivity contribution in [2.24, 2.45) is 28.6 Å². The summed E-state index contributed by atoms with van der Waals surface area (Å²) in [6, 6.07) is 0. The lowest BCUT2D eigenvalue weighted by molar-refractivity contribution is -0.181. The standard InChI is InChI=1S/C27H38O6/c1-5-6-7-17-12-19(29)13-18-8-9-20-21-10-11-27(32,23(31)15-33-16(2)28)25(21,3)14-22(30)24(20)26(17,18)4/h12-13,20-22,24,30,32H,5-11,14-15H2,1-4H3/t20-,21-,22?,24+,25-,26-,27-/m0/s1. The lowest BCUT2D eigenvalue weighted by Gasteiger charge is -2.60. The van der Waals surface area contributed by atoms with E-state index in [0.29, 0.717) is 19.3 Å². The quantitative estimate of drug-likeness (QED) is 0.589. The van der Waals surface area contributed by atoms with Crippen LogP contribution in [0.5, 0.6) is 0 Å². The number of ketones is 2. The molecule has 4 rings (SSSR count). The molecule has 0 bridgehead atoms. The molecule has 3 fully saturated rings. The first-order valence-corrected chi connectivity index (χ1v) is 12.5. The number of hydrogen-bond donors (Lipinski definition) is 2. The van der Waals surface area contributed by atoms with Gasteiger partial charge in [0.15, 0.2) is 12.4 Å².